The summed E-state index contributed by atoms with van der Waals surface area (Å²) >= 11 is 5.41. The molecule has 0 aliphatic carbocycles. The van der Waals surface area contributed by atoms with Crippen LogP contribution in [-0.4, -0.2) is 33.8 Å². The Kier molecular flexibility index (Phi) is 6.16. The van der Waals surface area contributed by atoms with E-state index in [0.29, 0.717) is 0 Å². The van der Waals surface area contributed by atoms with Crippen molar-refractivity contribution in [2.45, 2.75) is 52.4 Å². The zero-order chi connectivity index (χ0) is 13.2. The van der Waals surface area contributed by atoms with Crippen LogP contribution in [0.1, 0.15) is 0 Å². The maximum Gasteiger partial charge on any atom is 0.314 e. The summed E-state index contributed by atoms with van der Waals surface area (Å²) in [4.78, 5) is 0. The molecule has 0 N–H and O–H groups in total. The van der Waals surface area contributed by atoms with Crippen LogP contribution in [0.3, 0.4) is 0 Å². The summed E-state index contributed by atoms with van der Waals surface area (Å²) in [5, 5.41) is 0. The third kappa shape index (κ3) is 8.18. The van der Waals surface area contributed by atoms with Gasteiger partial charge in [-0.25, -0.2) is 0 Å². The lowest BCUT2D eigenvalue weighted by molar-refractivity contribution is 0.238. The Hall–Kier alpha value is 1.04. The van der Waals surface area contributed by atoms with Gasteiger partial charge in [0, 0.05) is 0 Å². The second-order valence-electron chi connectivity index (χ2n) is 5.52. The van der Waals surface area contributed by atoms with Crippen molar-refractivity contribution >= 4 is 44.9 Å². The molecule has 1 rings (SSSR count). The molecule has 8 heteroatoms. The SMILES string of the molecule is C[SiH](C)Cl.C[Si]1(C)O[Si](C)(C)O[Si](C)(C)O1. The number of halogens is 1. The minimum absolute atomic E-state index is 0.667. The van der Waals surface area contributed by atoms with Crippen molar-refractivity contribution < 1.29 is 12.3 Å². The van der Waals surface area contributed by atoms with Crippen LogP contribution in [0.5, 0.6) is 0 Å². The van der Waals surface area contributed by atoms with E-state index in [9.17, 15) is 0 Å². The van der Waals surface area contributed by atoms with Gasteiger partial charge in [-0.05, 0) is 39.3 Å². The average Bonchev–Trinajstić information content (AvgIpc) is 1.69. The van der Waals surface area contributed by atoms with E-state index in [1.165, 1.54) is 0 Å². The highest BCUT2D eigenvalue weighted by molar-refractivity contribution is 7.05. The van der Waals surface area contributed by atoms with E-state index < -0.39 is 33.8 Å². The van der Waals surface area contributed by atoms with Crippen LogP contribution in [0.4, 0.5) is 0 Å². The standard InChI is InChI=1S/C6H18O3Si3.C2H7ClSi/c1-10(2)7-11(3,4)9-12(5,6)8-10;1-4(2)3/h1-6H3;4H,1-2H3. The topological polar surface area (TPSA) is 27.7 Å². The van der Waals surface area contributed by atoms with Gasteiger partial charge in [0.2, 0.25) is 0 Å². The molecule has 1 heterocycles. The first-order chi connectivity index (χ1) is 6.85. The van der Waals surface area contributed by atoms with Gasteiger partial charge in [0.25, 0.3) is 0 Å². The van der Waals surface area contributed by atoms with Gasteiger partial charge in [0.05, 0.1) is 0 Å². The molecular formula is C8H25ClO3Si4. The highest BCUT2D eigenvalue weighted by Gasteiger charge is 2.49. The molecule has 1 aliphatic heterocycles. The maximum absolute atomic E-state index is 5.86. The first-order valence-electron chi connectivity index (χ1n) is 5.60. The molecule has 98 valence electrons. The summed E-state index contributed by atoms with van der Waals surface area (Å²) in [5.41, 5.74) is 0. The zero-order valence-electron chi connectivity index (χ0n) is 11.7. The molecule has 0 unspecified atom stereocenters. The van der Waals surface area contributed by atoms with Gasteiger partial charge in [-0.1, -0.05) is 13.1 Å². The van der Waals surface area contributed by atoms with Crippen molar-refractivity contribution in [3.63, 3.8) is 0 Å². The van der Waals surface area contributed by atoms with Crippen LogP contribution in [0, 0.1) is 0 Å². The third-order valence-electron chi connectivity index (χ3n) is 1.47. The fraction of sp³-hybridized carbons (Fsp3) is 1.00. The minimum Gasteiger partial charge on any atom is -0.416 e. The first kappa shape index (κ1) is 17.0. The fourth-order valence-corrected chi connectivity index (χ4v) is 17.7. The molecule has 1 saturated heterocycles. The van der Waals surface area contributed by atoms with Gasteiger partial charge in [0.15, 0.2) is 0 Å². The third-order valence-corrected chi connectivity index (χ3v) is 13.3. The Labute approximate surface area is 110 Å². The van der Waals surface area contributed by atoms with Crippen LogP contribution >= 0.6 is 11.1 Å². The van der Waals surface area contributed by atoms with E-state index in [0.717, 1.165) is 0 Å². The van der Waals surface area contributed by atoms with Crippen molar-refractivity contribution in [3.05, 3.63) is 0 Å². The molecule has 0 aromatic heterocycles. The van der Waals surface area contributed by atoms with Gasteiger partial charge in [0.1, 0.15) is 8.11 Å². The van der Waals surface area contributed by atoms with Crippen molar-refractivity contribution in [2.24, 2.45) is 0 Å². The van der Waals surface area contributed by atoms with Crippen molar-refractivity contribution in [1.82, 2.24) is 0 Å². The molecule has 16 heavy (non-hydrogen) atoms. The van der Waals surface area contributed by atoms with Gasteiger partial charge < -0.3 is 12.3 Å². The smallest absolute Gasteiger partial charge is 0.314 e. The van der Waals surface area contributed by atoms with Crippen molar-refractivity contribution in [2.75, 3.05) is 0 Å². The van der Waals surface area contributed by atoms with E-state index in [4.69, 9.17) is 23.4 Å². The zero-order valence-corrected chi connectivity index (χ0v) is 16.6. The summed E-state index contributed by atoms with van der Waals surface area (Å²) in [5.74, 6) is 0. The highest BCUT2D eigenvalue weighted by Crippen LogP contribution is 2.29. The van der Waals surface area contributed by atoms with E-state index >= 15 is 0 Å². The summed E-state index contributed by atoms with van der Waals surface area (Å²) < 4.78 is 17.6. The Morgan fingerprint density at radius 1 is 0.688 bits per heavy atom. The van der Waals surface area contributed by atoms with Gasteiger partial charge in [-0.15, -0.1) is 0 Å². The van der Waals surface area contributed by atoms with Crippen molar-refractivity contribution in [1.29, 1.82) is 0 Å². The van der Waals surface area contributed by atoms with Crippen LogP contribution in [-0.2, 0) is 12.3 Å². The largest absolute Gasteiger partial charge is 0.416 e. The molecule has 0 saturated carbocycles. The lowest BCUT2D eigenvalue weighted by Crippen LogP contribution is -2.64. The van der Waals surface area contributed by atoms with E-state index in [1.807, 2.05) is 0 Å². The average molecular weight is 317 g/mol. The van der Waals surface area contributed by atoms with Crippen LogP contribution in [0.15, 0.2) is 0 Å². The van der Waals surface area contributed by atoms with Crippen LogP contribution in [0.2, 0.25) is 52.4 Å². The van der Waals surface area contributed by atoms with E-state index in [-0.39, 0.29) is 0 Å². The lowest BCUT2D eigenvalue weighted by atomic mass is 11.9. The molecule has 1 fully saturated rings. The quantitative estimate of drug-likeness (QED) is 0.506. The van der Waals surface area contributed by atoms with Crippen molar-refractivity contribution in [3.8, 4) is 0 Å². The predicted molar refractivity (Wildman–Crippen MR) is 80.4 cm³/mol. The molecule has 0 amide bonds. The molecule has 0 radical (unpaired) electrons. The van der Waals surface area contributed by atoms with Gasteiger partial charge in [-0.2, -0.15) is 11.1 Å². The maximum atomic E-state index is 5.86. The molecule has 1 aliphatic rings. The summed E-state index contributed by atoms with van der Waals surface area (Å²) in [6.45, 7) is 16.7. The molecule has 3 nitrogen and oxygen atoms in total. The second kappa shape index (κ2) is 5.79. The number of hydrogen-bond acceptors (Lipinski definition) is 3. The van der Waals surface area contributed by atoms with Gasteiger partial charge in [-0.3, -0.25) is 0 Å². The monoisotopic (exact) mass is 316 g/mol. The predicted octanol–water partition coefficient (Wildman–Crippen LogP) is 3.36. The molecule has 0 bridgehead atoms. The lowest BCUT2D eigenvalue weighted by Gasteiger charge is -2.46. The number of hydrogen-bond donors (Lipinski definition) is 0. The Balaban J connectivity index is 0.000000487. The van der Waals surface area contributed by atoms with E-state index in [1.54, 1.807) is 0 Å². The summed E-state index contributed by atoms with van der Waals surface area (Å²) in [7, 11) is -6.26. The van der Waals surface area contributed by atoms with Gasteiger partial charge >= 0.3 is 25.7 Å². The normalized spacial score (nSPS) is 25.9. The second-order valence-corrected chi connectivity index (χ2v) is 21.0. The Morgan fingerprint density at radius 3 is 0.938 bits per heavy atom. The summed E-state index contributed by atoms with van der Waals surface area (Å²) in [6.07, 6.45) is 0. The molecular weight excluding hydrogens is 292 g/mol. The molecule has 0 atom stereocenters. The summed E-state index contributed by atoms with van der Waals surface area (Å²) in [6, 6.07) is 0. The fourth-order valence-electron chi connectivity index (χ4n) is 1.84. The Bertz CT molecular complexity index is 185. The van der Waals surface area contributed by atoms with Crippen LogP contribution < -0.4 is 0 Å². The molecule has 0 aromatic carbocycles. The Morgan fingerprint density at radius 2 is 0.812 bits per heavy atom. The highest BCUT2D eigenvalue weighted by atomic mass is 35.6. The molecule has 0 spiro atoms. The van der Waals surface area contributed by atoms with E-state index in [2.05, 4.69) is 52.4 Å². The minimum atomic E-state index is -1.86. The first-order valence-corrected chi connectivity index (χ1v) is 18.1. The number of rotatable bonds is 0. The molecule has 0 aromatic rings. The van der Waals surface area contributed by atoms with Crippen LogP contribution in [0.25, 0.3) is 0 Å².